The first kappa shape index (κ1) is 14.4. The first-order chi connectivity index (χ1) is 8.90. The molecular weight excluding hydrogens is 253 g/mol. The molecule has 1 saturated carbocycles. The molecule has 0 radical (unpaired) electrons. The largest absolute Gasteiger partial charge is 0.388 e. The second kappa shape index (κ2) is 5.53. The Hall–Kier alpha value is -1.03. The molecule has 1 aromatic carbocycles. The van der Waals surface area contributed by atoms with Gasteiger partial charge in [-0.3, -0.25) is 0 Å². The van der Waals surface area contributed by atoms with Gasteiger partial charge in [0.25, 0.3) is 0 Å². The summed E-state index contributed by atoms with van der Waals surface area (Å²) >= 11 is 0. The SMILES string of the molecule is CC1CC(C)CC(C(O)c2ccc(F)c(F)c2F)C1. The average Bonchev–Trinajstić information content (AvgIpc) is 2.34. The van der Waals surface area contributed by atoms with E-state index in [0.717, 1.165) is 31.4 Å². The standard InChI is InChI=1S/C15H19F3O/c1-8-5-9(2)7-10(6-8)15(19)11-3-4-12(16)14(18)13(11)17/h3-4,8-10,15,19H,5-7H2,1-2H3. The van der Waals surface area contributed by atoms with Gasteiger partial charge < -0.3 is 5.11 Å². The predicted octanol–water partition coefficient (Wildman–Crippen LogP) is 4.21. The van der Waals surface area contributed by atoms with Crippen LogP contribution in [0.1, 0.15) is 44.8 Å². The van der Waals surface area contributed by atoms with Crippen LogP contribution in [0.3, 0.4) is 0 Å². The van der Waals surface area contributed by atoms with Gasteiger partial charge in [0, 0.05) is 5.56 Å². The van der Waals surface area contributed by atoms with Gasteiger partial charge in [0.2, 0.25) is 0 Å². The van der Waals surface area contributed by atoms with Crippen molar-refractivity contribution >= 4 is 0 Å². The van der Waals surface area contributed by atoms with E-state index >= 15 is 0 Å². The van der Waals surface area contributed by atoms with Gasteiger partial charge in [-0.2, -0.15) is 0 Å². The summed E-state index contributed by atoms with van der Waals surface area (Å²) in [6, 6.07) is 2.01. The van der Waals surface area contributed by atoms with Crippen LogP contribution in [0.2, 0.25) is 0 Å². The number of benzene rings is 1. The van der Waals surface area contributed by atoms with Crippen molar-refractivity contribution in [2.75, 3.05) is 0 Å². The Labute approximate surface area is 111 Å². The van der Waals surface area contributed by atoms with E-state index in [1.54, 1.807) is 0 Å². The summed E-state index contributed by atoms with van der Waals surface area (Å²) in [7, 11) is 0. The fourth-order valence-corrected chi connectivity index (χ4v) is 3.29. The van der Waals surface area contributed by atoms with Crippen molar-refractivity contribution in [3.63, 3.8) is 0 Å². The minimum Gasteiger partial charge on any atom is -0.388 e. The molecule has 1 N–H and O–H groups in total. The molecule has 0 spiro atoms. The van der Waals surface area contributed by atoms with Crippen LogP contribution < -0.4 is 0 Å². The summed E-state index contributed by atoms with van der Waals surface area (Å²) in [6.45, 7) is 4.19. The molecule has 0 amide bonds. The molecule has 0 aliphatic heterocycles. The lowest BCUT2D eigenvalue weighted by atomic mass is 9.73. The van der Waals surface area contributed by atoms with Gasteiger partial charge in [0.05, 0.1) is 6.10 Å². The van der Waals surface area contributed by atoms with E-state index in [9.17, 15) is 18.3 Å². The molecule has 2 rings (SSSR count). The Balaban J connectivity index is 2.24. The highest BCUT2D eigenvalue weighted by molar-refractivity contribution is 5.23. The monoisotopic (exact) mass is 272 g/mol. The van der Waals surface area contributed by atoms with Crippen LogP contribution in [-0.4, -0.2) is 5.11 Å². The molecule has 0 heterocycles. The van der Waals surface area contributed by atoms with E-state index in [-0.39, 0.29) is 11.5 Å². The molecular formula is C15H19F3O. The summed E-state index contributed by atoms with van der Waals surface area (Å²) in [5, 5.41) is 10.2. The van der Waals surface area contributed by atoms with Gasteiger partial charge in [-0.1, -0.05) is 19.9 Å². The highest BCUT2D eigenvalue weighted by Crippen LogP contribution is 2.40. The summed E-state index contributed by atoms with van der Waals surface area (Å²) < 4.78 is 39.8. The van der Waals surface area contributed by atoms with Crippen LogP contribution in [0.25, 0.3) is 0 Å². The molecule has 3 atom stereocenters. The second-order valence-electron chi connectivity index (χ2n) is 5.89. The van der Waals surface area contributed by atoms with Crippen molar-refractivity contribution in [1.29, 1.82) is 0 Å². The Morgan fingerprint density at radius 2 is 1.58 bits per heavy atom. The highest BCUT2D eigenvalue weighted by Gasteiger charge is 2.32. The zero-order valence-electron chi connectivity index (χ0n) is 11.2. The molecule has 1 nitrogen and oxygen atoms in total. The van der Waals surface area contributed by atoms with Gasteiger partial charge in [0.1, 0.15) is 0 Å². The highest BCUT2D eigenvalue weighted by atomic mass is 19.2. The van der Waals surface area contributed by atoms with Crippen molar-refractivity contribution in [2.45, 2.75) is 39.2 Å². The average molecular weight is 272 g/mol. The summed E-state index contributed by atoms with van der Waals surface area (Å²) in [4.78, 5) is 0. The topological polar surface area (TPSA) is 20.2 Å². The Kier molecular flexibility index (Phi) is 4.19. The van der Waals surface area contributed by atoms with E-state index in [0.29, 0.717) is 11.8 Å². The molecule has 0 bridgehead atoms. The number of hydrogen-bond acceptors (Lipinski definition) is 1. The molecule has 1 aliphatic carbocycles. The summed E-state index contributed by atoms with van der Waals surface area (Å²) in [5.74, 6) is -3.18. The molecule has 19 heavy (non-hydrogen) atoms. The van der Waals surface area contributed by atoms with Crippen LogP contribution in [0.5, 0.6) is 0 Å². The van der Waals surface area contributed by atoms with Crippen molar-refractivity contribution in [2.24, 2.45) is 17.8 Å². The lowest BCUT2D eigenvalue weighted by molar-refractivity contribution is 0.0520. The van der Waals surface area contributed by atoms with E-state index in [1.165, 1.54) is 0 Å². The van der Waals surface area contributed by atoms with Gasteiger partial charge >= 0.3 is 0 Å². The third kappa shape index (κ3) is 2.94. The van der Waals surface area contributed by atoms with Crippen LogP contribution in [0, 0.1) is 35.2 Å². The molecule has 1 fully saturated rings. The second-order valence-corrected chi connectivity index (χ2v) is 5.89. The van der Waals surface area contributed by atoms with Gasteiger partial charge in [-0.25, -0.2) is 13.2 Å². The van der Waals surface area contributed by atoms with Crippen molar-refractivity contribution in [3.8, 4) is 0 Å². The molecule has 1 aromatic rings. The summed E-state index contributed by atoms with van der Waals surface area (Å²) in [6.07, 6.45) is 1.58. The number of aliphatic hydroxyl groups is 1. The number of hydrogen-bond donors (Lipinski definition) is 1. The lowest BCUT2D eigenvalue weighted by Gasteiger charge is -2.34. The number of aliphatic hydroxyl groups excluding tert-OH is 1. The fraction of sp³-hybridized carbons (Fsp3) is 0.600. The van der Waals surface area contributed by atoms with Crippen molar-refractivity contribution < 1.29 is 18.3 Å². The third-order valence-electron chi connectivity index (χ3n) is 4.05. The Morgan fingerprint density at radius 3 is 2.16 bits per heavy atom. The van der Waals surface area contributed by atoms with Crippen LogP contribution >= 0.6 is 0 Å². The van der Waals surface area contributed by atoms with E-state index < -0.39 is 23.6 Å². The third-order valence-corrected chi connectivity index (χ3v) is 4.05. The summed E-state index contributed by atoms with van der Waals surface area (Å²) in [5.41, 5.74) is -0.134. The Bertz CT molecular complexity index is 451. The zero-order chi connectivity index (χ0) is 14.2. The minimum atomic E-state index is -1.51. The Morgan fingerprint density at radius 1 is 1.00 bits per heavy atom. The molecule has 3 unspecified atom stereocenters. The van der Waals surface area contributed by atoms with Gasteiger partial charge in [0.15, 0.2) is 17.5 Å². The van der Waals surface area contributed by atoms with E-state index in [2.05, 4.69) is 13.8 Å². The first-order valence-electron chi connectivity index (χ1n) is 6.71. The maximum Gasteiger partial charge on any atom is 0.194 e. The fourth-order valence-electron chi connectivity index (χ4n) is 3.29. The maximum absolute atomic E-state index is 13.7. The molecule has 0 saturated heterocycles. The van der Waals surface area contributed by atoms with E-state index in [4.69, 9.17) is 0 Å². The zero-order valence-corrected chi connectivity index (χ0v) is 11.2. The molecule has 0 aromatic heterocycles. The van der Waals surface area contributed by atoms with Crippen molar-refractivity contribution in [3.05, 3.63) is 35.1 Å². The van der Waals surface area contributed by atoms with Crippen LogP contribution in [-0.2, 0) is 0 Å². The van der Waals surface area contributed by atoms with Gasteiger partial charge in [-0.05, 0) is 43.1 Å². The molecule has 106 valence electrons. The predicted molar refractivity (Wildman–Crippen MR) is 66.9 cm³/mol. The minimum absolute atomic E-state index is 0.0990. The number of halogens is 3. The van der Waals surface area contributed by atoms with Crippen molar-refractivity contribution in [1.82, 2.24) is 0 Å². The van der Waals surface area contributed by atoms with Crippen LogP contribution in [0.15, 0.2) is 12.1 Å². The molecule has 4 heteroatoms. The molecule has 1 aliphatic rings. The smallest absolute Gasteiger partial charge is 0.194 e. The van der Waals surface area contributed by atoms with Gasteiger partial charge in [-0.15, -0.1) is 0 Å². The lowest BCUT2D eigenvalue weighted by Crippen LogP contribution is -2.25. The number of rotatable bonds is 2. The normalized spacial score (nSPS) is 29.3. The van der Waals surface area contributed by atoms with E-state index in [1.807, 2.05) is 0 Å². The van der Waals surface area contributed by atoms with Crippen LogP contribution in [0.4, 0.5) is 13.2 Å². The first-order valence-corrected chi connectivity index (χ1v) is 6.71. The maximum atomic E-state index is 13.7. The quantitative estimate of drug-likeness (QED) is 0.800.